The van der Waals surface area contributed by atoms with E-state index in [1.54, 1.807) is 22.6 Å². The quantitative estimate of drug-likeness (QED) is 0.579. The molecule has 1 rings (SSSR count). The van der Waals surface area contributed by atoms with Crippen molar-refractivity contribution in [1.29, 1.82) is 0 Å². The molecule has 0 aromatic heterocycles. The molecule has 6 nitrogen and oxygen atoms in total. The van der Waals surface area contributed by atoms with Gasteiger partial charge >= 0.3 is 12.0 Å². The monoisotopic (exact) mass is 382 g/mol. The second-order valence-electron chi connectivity index (χ2n) is 3.62. The number of carboxylic acids is 1. The van der Waals surface area contributed by atoms with Crippen LogP contribution in [0.15, 0.2) is 18.2 Å². The van der Waals surface area contributed by atoms with Crippen LogP contribution in [-0.2, 0) is 4.79 Å². The molecule has 1 aromatic carbocycles. The van der Waals surface area contributed by atoms with Gasteiger partial charge in [-0.1, -0.05) is 6.07 Å². The molecule has 0 aliphatic rings. The summed E-state index contributed by atoms with van der Waals surface area (Å²) in [5, 5.41) is 22.2. The van der Waals surface area contributed by atoms with E-state index in [4.69, 9.17) is 10.2 Å². The minimum atomic E-state index is -1.52. The van der Waals surface area contributed by atoms with Crippen molar-refractivity contribution in [2.75, 3.05) is 11.9 Å². The lowest BCUT2D eigenvalue weighted by Gasteiger charge is -2.10. The summed E-state index contributed by atoms with van der Waals surface area (Å²) in [4.78, 5) is 21.8. The highest BCUT2D eigenvalue weighted by Crippen LogP contribution is 2.20. The molecule has 0 heterocycles. The van der Waals surface area contributed by atoms with E-state index in [0.717, 1.165) is 0 Å². The highest BCUT2D eigenvalue weighted by molar-refractivity contribution is 14.1. The Bertz CT molecular complexity index is 484. The van der Waals surface area contributed by atoms with Gasteiger partial charge < -0.3 is 20.8 Å². The highest BCUT2D eigenvalue weighted by atomic mass is 127. The van der Waals surface area contributed by atoms with E-state index >= 15 is 0 Å². The minimum absolute atomic E-state index is 0.00874. The summed E-state index contributed by atoms with van der Waals surface area (Å²) in [7, 11) is 0. The van der Waals surface area contributed by atoms with Crippen LogP contribution in [0.4, 0.5) is 14.9 Å². The number of urea groups is 1. The number of aliphatic hydroxyl groups excluding tert-OH is 1. The zero-order chi connectivity index (χ0) is 14.4. The molecule has 104 valence electrons. The van der Waals surface area contributed by atoms with Crippen LogP contribution < -0.4 is 10.6 Å². The van der Waals surface area contributed by atoms with E-state index in [2.05, 4.69) is 10.6 Å². The normalized spacial score (nSPS) is 11.7. The van der Waals surface area contributed by atoms with Gasteiger partial charge in [0.05, 0.1) is 9.26 Å². The highest BCUT2D eigenvalue weighted by Gasteiger charge is 2.13. The van der Waals surface area contributed by atoms with Crippen molar-refractivity contribution in [1.82, 2.24) is 5.32 Å². The van der Waals surface area contributed by atoms with Crippen LogP contribution in [-0.4, -0.2) is 34.9 Å². The maximum absolute atomic E-state index is 13.2. The van der Waals surface area contributed by atoms with Gasteiger partial charge in [-0.05, 0) is 34.7 Å². The second-order valence-corrected chi connectivity index (χ2v) is 4.70. The smallest absolute Gasteiger partial charge is 0.332 e. The molecule has 1 atom stereocenters. The van der Waals surface area contributed by atoms with Gasteiger partial charge in [0, 0.05) is 13.0 Å². The van der Waals surface area contributed by atoms with Gasteiger partial charge in [-0.15, -0.1) is 0 Å². The fourth-order valence-electron chi connectivity index (χ4n) is 1.21. The third kappa shape index (κ3) is 4.99. The first-order valence-electron chi connectivity index (χ1n) is 5.31. The molecular weight excluding hydrogens is 370 g/mol. The van der Waals surface area contributed by atoms with Crippen molar-refractivity contribution in [3.63, 3.8) is 0 Å². The van der Waals surface area contributed by atoms with Gasteiger partial charge in [0.1, 0.15) is 5.82 Å². The third-order valence-corrected chi connectivity index (χ3v) is 3.28. The van der Waals surface area contributed by atoms with Crippen molar-refractivity contribution >= 4 is 40.3 Å². The number of hydrogen-bond donors (Lipinski definition) is 4. The van der Waals surface area contributed by atoms with Crippen molar-refractivity contribution in [3.05, 3.63) is 27.6 Å². The van der Waals surface area contributed by atoms with E-state index in [1.807, 2.05) is 0 Å². The van der Waals surface area contributed by atoms with Crippen LogP contribution in [0.3, 0.4) is 0 Å². The molecule has 0 aliphatic heterocycles. The topological polar surface area (TPSA) is 98.7 Å². The number of anilines is 1. The van der Waals surface area contributed by atoms with Crippen molar-refractivity contribution in [3.8, 4) is 0 Å². The fraction of sp³-hybridized carbons (Fsp3) is 0.273. The Balaban J connectivity index is 2.43. The summed E-state index contributed by atoms with van der Waals surface area (Å²) in [5.41, 5.74) is 0.317. The first-order chi connectivity index (χ1) is 8.91. The molecule has 19 heavy (non-hydrogen) atoms. The zero-order valence-electron chi connectivity index (χ0n) is 9.69. The van der Waals surface area contributed by atoms with E-state index in [0.29, 0.717) is 5.69 Å². The second kappa shape index (κ2) is 7.24. The number of carbonyl (C=O) groups is 2. The van der Waals surface area contributed by atoms with Crippen LogP contribution in [0.2, 0.25) is 0 Å². The minimum Gasteiger partial charge on any atom is -0.479 e. The van der Waals surface area contributed by atoms with Crippen molar-refractivity contribution in [2.24, 2.45) is 0 Å². The van der Waals surface area contributed by atoms with Gasteiger partial charge in [0.25, 0.3) is 0 Å². The molecule has 4 N–H and O–H groups in total. The Hall–Kier alpha value is -1.42. The molecule has 0 unspecified atom stereocenters. The number of carboxylic acid groups (broad SMARTS) is 1. The van der Waals surface area contributed by atoms with Crippen LogP contribution in [0.25, 0.3) is 0 Å². The Labute approximate surface area is 122 Å². The first kappa shape index (κ1) is 15.6. The van der Waals surface area contributed by atoms with Crippen LogP contribution in [0.1, 0.15) is 6.42 Å². The summed E-state index contributed by atoms with van der Waals surface area (Å²) < 4.78 is 13.5. The number of aliphatic carboxylic acids is 1. The average Bonchev–Trinajstić information content (AvgIpc) is 2.34. The SMILES string of the molecule is O=C(NCC[C@H](O)C(=O)O)Nc1cccc(F)c1I. The summed E-state index contributed by atoms with van der Waals surface area (Å²) in [6, 6.07) is 3.67. The van der Waals surface area contributed by atoms with Gasteiger partial charge in [-0.2, -0.15) is 0 Å². The molecule has 0 saturated carbocycles. The van der Waals surface area contributed by atoms with Gasteiger partial charge in [-0.25, -0.2) is 14.0 Å². The number of halogens is 2. The Morgan fingerprint density at radius 3 is 2.74 bits per heavy atom. The lowest BCUT2D eigenvalue weighted by Crippen LogP contribution is -2.33. The summed E-state index contributed by atoms with van der Waals surface area (Å²) in [5.74, 6) is -1.79. The van der Waals surface area contributed by atoms with Gasteiger partial charge in [0.15, 0.2) is 6.10 Å². The molecule has 0 saturated heterocycles. The predicted octanol–water partition coefficient (Wildman–Crippen LogP) is 1.39. The molecular formula is C11H12FIN2O4. The Kier molecular flexibility index (Phi) is 5.96. The summed E-state index contributed by atoms with van der Waals surface area (Å²) in [6.45, 7) is -0.00874. The van der Waals surface area contributed by atoms with Crippen LogP contribution in [0.5, 0.6) is 0 Å². The number of aliphatic hydroxyl groups is 1. The van der Waals surface area contributed by atoms with E-state index < -0.39 is 23.9 Å². The summed E-state index contributed by atoms with van der Waals surface area (Å²) in [6.07, 6.45) is -1.63. The molecule has 8 heteroatoms. The molecule has 0 spiro atoms. The van der Waals surface area contributed by atoms with Gasteiger partial charge in [0.2, 0.25) is 0 Å². The van der Waals surface area contributed by atoms with Crippen molar-refractivity contribution in [2.45, 2.75) is 12.5 Å². The zero-order valence-corrected chi connectivity index (χ0v) is 11.8. The maximum Gasteiger partial charge on any atom is 0.332 e. The summed E-state index contributed by atoms with van der Waals surface area (Å²) >= 11 is 1.76. The number of hydrogen-bond acceptors (Lipinski definition) is 3. The largest absolute Gasteiger partial charge is 0.479 e. The maximum atomic E-state index is 13.2. The molecule has 1 aromatic rings. The van der Waals surface area contributed by atoms with E-state index in [-0.39, 0.29) is 16.5 Å². The molecule has 0 radical (unpaired) electrons. The third-order valence-electron chi connectivity index (χ3n) is 2.19. The number of nitrogens with one attached hydrogen (secondary N) is 2. The lowest BCUT2D eigenvalue weighted by molar-refractivity contribution is -0.146. The van der Waals surface area contributed by atoms with E-state index in [1.165, 1.54) is 18.2 Å². The molecule has 0 fully saturated rings. The fourth-order valence-corrected chi connectivity index (χ4v) is 1.71. The Morgan fingerprint density at radius 1 is 1.42 bits per heavy atom. The van der Waals surface area contributed by atoms with Gasteiger partial charge in [-0.3, -0.25) is 0 Å². The number of carbonyl (C=O) groups excluding carboxylic acids is 1. The standard InChI is InChI=1S/C11H12FIN2O4/c12-6-2-1-3-7(9(6)13)15-11(19)14-5-4-8(16)10(17)18/h1-3,8,16H,4-5H2,(H,17,18)(H2,14,15,19)/t8-/m0/s1. The predicted molar refractivity (Wildman–Crippen MR) is 74.4 cm³/mol. The number of rotatable bonds is 5. The number of benzene rings is 1. The van der Waals surface area contributed by atoms with E-state index in [9.17, 15) is 14.0 Å². The van der Waals surface area contributed by atoms with Crippen LogP contribution in [0, 0.1) is 9.39 Å². The van der Waals surface area contributed by atoms with Crippen LogP contribution >= 0.6 is 22.6 Å². The molecule has 2 amide bonds. The first-order valence-corrected chi connectivity index (χ1v) is 6.39. The lowest BCUT2D eigenvalue weighted by atomic mass is 10.2. The molecule has 0 bridgehead atoms. The molecule has 0 aliphatic carbocycles. The Morgan fingerprint density at radius 2 is 2.11 bits per heavy atom. The number of amides is 2. The van der Waals surface area contributed by atoms with Crippen molar-refractivity contribution < 1.29 is 24.2 Å². The average molecular weight is 382 g/mol.